The molecule has 0 radical (unpaired) electrons. The van der Waals surface area contributed by atoms with Gasteiger partial charge in [0.15, 0.2) is 6.29 Å². The van der Waals surface area contributed by atoms with Crippen LogP contribution in [0.1, 0.15) is 90.9 Å². The van der Waals surface area contributed by atoms with Crippen LogP contribution in [-0.4, -0.2) is 85.0 Å². The van der Waals surface area contributed by atoms with E-state index in [1.165, 1.54) is 38.5 Å². The lowest BCUT2D eigenvalue weighted by Crippen LogP contribution is -2.46. The smallest absolute Gasteiger partial charge is 0.303 e. The average molecular weight is 469 g/mol. The normalized spacial score (nSPS) is 14.0. The summed E-state index contributed by atoms with van der Waals surface area (Å²) in [5, 5.41) is 60.1. The van der Waals surface area contributed by atoms with Crippen LogP contribution < -0.4 is 0 Å². The van der Waals surface area contributed by atoms with Crippen LogP contribution in [0.5, 0.6) is 0 Å². The van der Waals surface area contributed by atoms with E-state index < -0.39 is 43.0 Å². The molecule has 10 nitrogen and oxygen atoms in total. The van der Waals surface area contributed by atoms with Gasteiger partial charge in [-0.3, -0.25) is 9.59 Å². The molecular weight excluding hydrogens is 424 g/mol. The summed E-state index contributed by atoms with van der Waals surface area (Å²) >= 11 is 0. The molecule has 0 bridgehead atoms. The van der Waals surface area contributed by atoms with Gasteiger partial charge in [0.25, 0.3) is 0 Å². The molecule has 0 spiro atoms. The van der Waals surface area contributed by atoms with Gasteiger partial charge in [-0.1, -0.05) is 65.2 Å². The third-order valence-electron chi connectivity index (χ3n) is 4.41. The van der Waals surface area contributed by atoms with E-state index in [1.54, 1.807) is 0 Å². The quantitative estimate of drug-likeness (QED) is 0.121. The standard InChI is InChI=1S/2C8H16O2.C6H12O6/c2*1-2-3-4-5-6-7-8(9)10;7-1-3(9)5(11)6(12)4(10)2-8/h2*2-7H2,1H3,(H,9,10);1,3-6,8-12H,2H2/t;;3-,4+,5+,6+/m..0/s1. The van der Waals surface area contributed by atoms with Gasteiger partial charge in [0.05, 0.1) is 6.61 Å². The Bertz CT molecular complexity index is 420. The SMILES string of the molecule is CCCCCCCC(=O)O.CCCCCCCC(=O)O.O=C[C@H](O)[C@@H](O)[C@H](O)[C@H](O)CO. The molecule has 0 aromatic carbocycles. The first kappa shape index (κ1) is 35.0. The number of aliphatic hydroxyl groups is 5. The van der Waals surface area contributed by atoms with E-state index in [-0.39, 0.29) is 6.29 Å². The summed E-state index contributed by atoms with van der Waals surface area (Å²) in [6.07, 6.45) is 4.93. The Morgan fingerprint density at radius 3 is 1.34 bits per heavy atom. The third-order valence-corrected chi connectivity index (χ3v) is 4.41. The van der Waals surface area contributed by atoms with Crippen LogP contribution in [0.25, 0.3) is 0 Å². The molecule has 0 saturated heterocycles. The van der Waals surface area contributed by atoms with E-state index in [4.69, 9.17) is 35.7 Å². The molecule has 0 heterocycles. The zero-order valence-electron chi connectivity index (χ0n) is 19.4. The zero-order valence-corrected chi connectivity index (χ0v) is 19.4. The number of carboxylic acids is 2. The summed E-state index contributed by atoms with van der Waals surface area (Å²) in [5.41, 5.74) is 0. The van der Waals surface area contributed by atoms with Gasteiger partial charge in [-0.15, -0.1) is 0 Å². The maximum Gasteiger partial charge on any atom is 0.303 e. The van der Waals surface area contributed by atoms with Gasteiger partial charge in [-0.25, -0.2) is 0 Å². The molecule has 0 aromatic heterocycles. The van der Waals surface area contributed by atoms with Crippen molar-refractivity contribution >= 4 is 18.2 Å². The molecule has 192 valence electrons. The maximum absolute atomic E-state index is 10.0. The molecule has 0 saturated carbocycles. The second kappa shape index (κ2) is 25.7. The summed E-state index contributed by atoms with van der Waals surface area (Å²) < 4.78 is 0. The summed E-state index contributed by atoms with van der Waals surface area (Å²) in [6.45, 7) is 3.54. The van der Waals surface area contributed by atoms with E-state index in [0.29, 0.717) is 12.8 Å². The highest BCUT2D eigenvalue weighted by atomic mass is 16.4. The predicted octanol–water partition coefficient (Wildman–Crippen LogP) is 1.48. The first-order valence-corrected chi connectivity index (χ1v) is 11.3. The van der Waals surface area contributed by atoms with Gasteiger partial charge < -0.3 is 40.5 Å². The Labute approximate surface area is 190 Å². The second-order valence-electron chi connectivity index (χ2n) is 7.47. The Hall–Kier alpha value is -1.59. The monoisotopic (exact) mass is 468 g/mol. The highest BCUT2D eigenvalue weighted by molar-refractivity contribution is 5.66. The van der Waals surface area contributed by atoms with Gasteiger partial charge in [0.1, 0.15) is 24.4 Å². The fourth-order valence-corrected chi connectivity index (χ4v) is 2.38. The lowest BCUT2D eigenvalue weighted by atomic mass is 10.0. The van der Waals surface area contributed by atoms with E-state index >= 15 is 0 Å². The number of aliphatic hydroxyl groups excluding tert-OH is 5. The molecule has 0 aliphatic carbocycles. The van der Waals surface area contributed by atoms with Crippen molar-refractivity contribution in [3.63, 3.8) is 0 Å². The number of aliphatic carboxylic acids is 2. The van der Waals surface area contributed by atoms with Crippen LogP contribution in [0.3, 0.4) is 0 Å². The molecule has 0 aromatic rings. The molecular formula is C22H44O10. The van der Waals surface area contributed by atoms with E-state index in [1.807, 2.05) is 0 Å². The van der Waals surface area contributed by atoms with Gasteiger partial charge in [0, 0.05) is 12.8 Å². The van der Waals surface area contributed by atoms with Crippen molar-refractivity contribution in [2.75, 3.05) is 6.61 Å². The van der Waals surface area contributed by atoms with Gasteiger partial charge in [-0.05, 0) is 12.8 Å². The number of carbonyl (C=O) groups is 3. The molecule has 0 rings (SSSR count). The summed E-state index contributed by atoms with van der Waals surface area (Å²) in [7, 11) is 0. The van der Waals surface area contributed by atoms with Crippen LogP contribution in [0.15, 0.2) is 0 Å². The number of aldehydes is 1. The number of carboxylic acid groups (broad SMARTS) is 2. The topological polar surface area (TPSA) is 193 Å². The number of unbranched alkanes of at least 4 members (excludes halogenated alkanes) is 8. The van der Waals surface area contributed by atoms with Gasteiger partial charge >= 0.3 is 11.9 Å². The predicted molar refractivity (Wildman–Crippen MR) is 119 cm³/mol. The van der Waals surface area contributed by atoms with Crippen LogP contribution in [0.2, 0.25) is 0 Å². The second-order valence-corrected chi connectivity index (χ2v) is 7.47. The number of hydrogen-bond donors (Lipinski definition) is 7. The largest absolute Gasteiger partial charge is 0.481 e. The molecule has 7 N–H and O–H groups in total. The molecule has 0 aliphatic rings. The highest BCUT2D eigenvalue weighted by Gasteiger charge is 2.29. The van der Waals surface area contributed by atoms with Gasteiger partial charge in [-0.2, -0.15) is 0 Å². The lowest BCUT2D eigenvalue weighted by molar-refractivity contribution is -0.138. The summed E-state index contributed by atoms with van der Waals surface area (Å²) in [4.78, 5) is 30.0. The molecule has 10 heteroatoms. The fraction of sp³-hybridized carbons (Fsp3) is 0.864. The Morgan fingerprint density at radius 2 is 1.06 bits per heavy atom. The van der Waals surface area contributed by atoms with Crippen molar-refractivity contribution in [2.45, 2.75) is 115 Å². The summed E-state index contributed by atoms with van der Waals surface area (Å²) in [5.74, 6) is -1.34. The van der Waals surface area contributed by atoms with Crippen LogP contribution in [-0.2, 0) is 14.4 Å². The van der Waals surface area contributed by atoms with Crippen LogP contribution >= 0.6 is 0 Å². The fourth-order valence-electron chi connectivity index (χ4n) is 2.38. The molecule has 0 fully saturated rings. The average Bonchev–Trinajstić information content (AvgIpc) is 2.77. The third kappa shape index (κ3) is 26.4. The molecule has 0 aliphatic heterocycles. The molecule has 4 atom stereocenters. The number of carbonyl (C=O) groups excluding carboxylic acids is 1. The van der Waals surface area contributed by atoms with Crippen molar-refractivity contribution < 1.29 is 50.1 Å². The molecule has 0 amide bonds. The maximum atomic E-state index is 10.0. The first-order chi connectivity index (χ1) is 15.1. The van der Waals surface area contributed by atoms with E-state index in [0.717, 1.165) is 25.7 Å². The van der Waals surface area contributed by atoms with E-state index in [9.17, 15) is 14.4 Å². The molecule has 0 unspecified atom stereocenters. The van der Waals surface area contributed by atoms with Crippen molar-refractivity contribution in [3.05, 3.63) is 0 Å². The van der Waals surface area contributed by atoms with Crippen molar-refractivity contribution in [3.8, 4) is 0 Å². The zero-order chi connectivity index (χ0) is 25.4. The lowest BCUT2D eigenvalue weighted by Gasteiger charge is -2.22. The van der Waals surface area contributed by atoms with Gasteiger partial charge in [0.2, 0.25) is 0 Å². The number of hydrogen-bond acceptors (Lipinski definition) is 8. The number of rotatable bonds is 17. The van der Waals surface area contributed by atoms with Crippen molar-refractivity contribution in [2.24, 2.45) is 0 Å². The summed E-state index contributed by atoms with van der Waals surface area (Å²) in [6, 6.07) is 0. The minimum absolute atomic E-state index is 0.0258. The Balaban J connectivity index is -0.000000397. The molecule has 32 heavy (non-hydrogen) atoms. The van der Waals surface area contributed by atoms with E-state index in [2.05, 4.69) is 13.8 Å². The highest BCUT2D eigenvalue weighted by Crippen LogP contribution is 2.05. The van der Waals surface area contributed by atoms with Crippen molar-refractivity contribution in [1.29, 1.82) is 0 Å². The van der Waals surface area contributed by atoms with Crippen molar-refractivity contribution in [1.82, 2.24) is 0 Å². The first-order valence-electron chi connectivity index (χ1n) is 11.3. The minimum Gasteiger partial charge on any atom is -0.481 e. The van der Waals surface area contributed by atoms with Crippen LogP contribution in [0, 0.1) is 0 Å². The Kier molecular flexibility index (Phi) is 28.1. The Morgan fingerprint density at radius 1 is 0.688 bits per heavy atom. The van der Waals surface area contributed by atoms with Crippen LogP contribution in [0.4, 0.5) is 0 Å². The minimum atomic E-state index is -1.79.